The van der Waals surface area contributed by atoms with Gasteiger partial charge in [-0.2, -0.15) is 10.5 Å². The molecule has 0 aliphatic carbocycles. The smallest absolute Gasteiger partial charge is 0.268 e. The van der Waals surface area contributed by atoms with Crippen molar-refractivity contribution in [2.24, 2.45) is 5.92 Å². The highest BCUT2D eigenvalue weighted by Crippen LogP contribution is 2.32. The van der Waals surface area contributed by atoms with Crippen molar-refractivity contribution in [3.05, 3.63) is 126 Å². The minimum absolute atomic E-state index is 0. The van der Waals surface area contributed by atoms with Gasteiger partial charge in [-0.25, -0.2) is 9.97 Å². The van der Waals surface area contributed by atoms with Crippen LogP contribution in [0.15, 0.2) is 106 Å². The zero-order valence-corrected chi connectivity index (χ0v) is 40.3. The summed E-state index contributed by atoms with van der Waals surface area (Å²) in [6, 6.07) is 27.7. The molecule has 8 heterocycles. The van der Waals surface area contributed by atoms with E-state index in [1.807, 2.05) is 102 Å². The van der Waals surface area contributed by atoms with E-state index in [0.29, 0.717) is 69.1 Å². The van der Waals surface area contributed by atoms with E-state index >= 15 is 0 Å². The average Bonchev–Trinajstić information content (AvgIpc) is 4.20. The van der Waals surface area contributed by atoms with Gasteiger partial charge in [0.05, 0.1) is 82.7 Å². The Bertz CT molecular complexity index is 3240. The Morgan fingerprint density at radius 2 is 1.18 bits per heavy atom. The maximum absolute atomic E-state index is 9.47. The molecular formula is C53H60N14O4. The Balaban J connectivity index is 0.000000263. The van der Waals surface area contributed by atoms with Crippen LogP contribution in [-0.4, -0.2) is 89.3 Å². The fraction of sp³-hybridized carbons (Fsp3) is 0.321. The van der Waals surface area contributed by atoms with Crippen molar-refractivity contribution in [3.63, 3.8) is 0 Å². The van der Waals surface area contributed by atoms with Crippen LogP contribution < -0.4 is 15.4 Å². The predicted molar refractivity (Wildman–Crippen MR) is 271 cm³/mol. The van der Waals surface area contributed by atoms with Gasteiger partial charge in [0.25, 0.3) is 11.8 Å². The molecule has 0 saturated carbocycles. The van der Waals surface area contributed by atoms with Gasteiger partial charge < -0.3 is 28.9 Å². The number of benzene rings is 2. The van der Waals surface area contributed by atoms with Crippen LogP contribution in [0.3, 0.4) is 0 Å². The number of hydrogen-bond donors (Lipinski definition) is 2. The maximum atomic E-state index is 9.47. The summed E-state index contributed by atoms with van der Waals surface area (Å²) in [7, 11) is 0. The summed E-state index contributed by atoms with van der Waals surface area (Å²) in [5.41, 5.74) is 7.98. The standard InChI is InChI=1S/C27H27N7O2.C26H25N7O2.4H2/c1-17-24(32-22(13-31-17)21-8-9-30-23(10-21)27(2,3)16-28)26-34-33-25(36-26)20-6-4-18(5-7-20)11-29-12-19-14-35-15-19;1-16-23(31-21(14-30-16)18-8-11-29-22(12-18)26(2,3)15-27)25-33-32-24(35-25)17-4-6-19(7-5-17)34-20-9-10-28-13-20;;;;/h4-10,13,19,29H,11-12,14-15H2,1-3H3;4-8,11-12,14,20,28H,9-10,13H2,1-3H3;4*1H. The summed E-state index contributed by atoms with van der Waals surface area (Å²) in [6.45, 7) is 16.3. The van der Waals surface area contributed by atoms with Gasteiger partial charge in [-0.3, -0.25) is 19.9 Å². The fourth-order valence-corrected chi connectivity index (χ4v) is 7.62. The molecule has 2 fully saturated rings. The molecule has 2 aromatic carbocycles. The van der Waals surface area contributed by atoms with E-state index in [0.717, 1.165) is 73.8 Å². The van der Waals surface area contributed by atoms with E-state index < -0.39 is 10.8 Å². The number of aryl methyl sites for hydroxylation is 2. The Kier molecular flexibility index (Phi) is 14.0. The van der Waals surface area contributed by atoms with E-state index in [2.05, 4.69) is 75.2 Å². The predicted octanol–water partition coefficient (Wildman–Crippen LogP) is 9.19. The highest BCUT2D eigenvalue weighted by molar-refractivity contribution is 5.66. The van der Waals surface area contributed by atoms with Crippen molar-refractivity contribution in [2.45, 2.75) is 71.4 Å². The molecule has 366 valence electrons. The monoisotopic (exact) mass is 956 g/mol. The summed E-state index contributed by atoms with van der Waals surface area (Å²) >= 11 is 0. The molecule has 2 aliphatic rings. The Morgan fingerprint density at radius 1 is 0.676 bits per heavy atom. The first-order valence-electron chi connectivity index (χ1n) is 23.3. The van der Waals surface area contributed by atoms with Crippen molar-refractivity contribution in [2.75, 3.05) is 32.8 Å². The lowest BCUT2D eigenvalue weighted by Crippen LogP contribution is -2.36. The van der Waals surface area contributed by atoms with Gasteiger partial charge in [-0.1, -0.05) is 12.1 Å². The number of nitriles is 2. The van der Waals surface area contributed by atoms with E-state index in [9.17, 15) is 10.5 Å². The number of rotatable bonds is 14. The molecule has 18 heteroatoms. The van der Waals surface area contributed by atoms with Gasteiger partial charge >= 0.3 is 0 Å². The third kappa shape index (κ3) is 11.2. The molecule has 0 amide bonds. The zero-order valence-electron chi connectivity index (χ0n) is 40.3. The van der Waals surface area contributed by atoms with Crippen molar-refractivity contribution in [1.29, 1.82) is 10.5 Å². The summed E-state index contributed by atoms with van der Waals surface area (Å²) in [5, 5.41) is 42.6. The highest BCUT2D eigenvalue weighted by atomic mass is 16.5. The minimum Gasteiger partial charge on any atom is -0.489 e. The lowest BCUT2D eigenvalue weighted by atomic mass is 9.90. The molecule has 8 aromatic rings. The van der Waals surface area contributed by atoms with E-state index in [-0.39, 0.29) is 17.7 Å². The SMILES string of the molecule is Cc1ncc(-c2ccnc(C(C)(C)C#N)c2)nc1-c1nnc(-c2ccc(CNCC3COC3)cc2)o1.Cc1ncc(-c2ccnc(C(C)(C)C#N)c2)nc1-c1nnc(-c2ccc(OC3CCNC3)cc2)o1.[HH].[HH].[HH].[HH]. The van der Waals surface area contributed by atoms with Gasteiger partial charge in [0.15, 0.2) is 0 Å². The highest BCUT2D eigenvalue weighted by Gasteiger charge is 2.25. The lowest BCUT2D eigenvalue weighted by molar-refractivity contribution is -0.0307. The Hall–Kier alpha value is -8.16. The molecule has 0 radical (unpaired) electrons. The van der Waals surface area contributed by atoms with Crippen LogP contribution in [0, 0.1) is 42.4 Å². The second kappa shape index (κ2) is 20.8. The zero-order chi connectivity index (χ0) is 49.5. The molecule has 71 heavy (non-hydrogen) atoms. The number of nitrogens with zero attached hydrogens (tertiary/aromatic N) is 12. The molecule has 2 aliphatic heterocycles. The molecule has 1 atom stereocenters. The van der Waals surface area contributed by atoms with Gasteiger partial charge in [0.2, 0.25) is 11.8 Å². The van der Waals surface area contributed by atoms with Crippen LogP contribution in [0.4, 0.5) is 0 Å². The number of nitrogens with one attached hydrogen (secondary N) is 2. The van der Waals surface area contributed by atoms with Crippen molar-refractivity contribution in [1.82, 2.24) is 60.9 Å². The molecular weight excluding hydrogens is 897 g/mol. The van der Waals surface area contributed by atoms with Crippen molar-refractivity contribution >= 4 is 0 Å². The van der Waals surface area contributed by atoms with Crippen molar-refractivity contribution in [3.8, 4) is 86.5 Å². The van der Waals surface area contributed by atoms with Gasteiger partial charge in [0, 0.05) is 65.9 Å². The molecule has 10 rings (SSSR count). The first kappa shape index (κ1) is 47.9. The second-order valence-electron chi connectivity index (χ2n) is 18.5. The van der Waals surface area contributed by atoms with Crippen molar-refractivity contribution < 1.29 is 24.0 Å². The number of pyridine rings is 2. The van der Waals surface area contributed by atoms with Crippen LogP contribution in [0.2, 0.25) is 0 Å². The molecule has 0 spiro atoms. The molecule has 2 saturated heterocycles. The molecule has 6 aromatic heterocycles. The second-order valence-corrected chi connectivity index (χ2v) is 18.5. The first-order valence-corrected chi connectivity index (χ1v) is 23.3. The summed E-state index contributed by atoms with van der Waals surface area (Å²) in [6.07, 6.45) is 7.94. The quantitative estimate of drug-likeness (QED) is 0.103. The van der Waals surface area contributed by atoms with E-state index in [1.165, 1.54) is 5.56 Å². The Labute approximate surface area is 417 Å². The van der Waals surface area contributed by atoms with E-state index in [4.69, 9.17) is 28.3 Å². The van der Waals surface area contributed by atoms with Gasteiger partial charge in [-0.15, -0.1) is 20.4 Å². The number of aromatic nitrogens is 10. The summed E-state index contributed by atoms with van der Waals surface area (Å²) < 4.78 is 23.1. The van der Waals surface area contributed by atoms with E-state index in [1.54, 1.807) is 24.8 Å². The van der Waals surface area contributed by atoms with Gasteiger partial charge in [0.1, 0.15) is 23.2 Å². The fourth-order valence-electron chi connectivity index (χ4n) is 7.62. The largest absolute Gasteiger partial charge is 0.489 e. The lowest BCUT2D eigenvalue weighted by Gasteiger charge is -2.26. The van der Waals surface area contributed by atoms with Crippen LogP contribution >= 0.6 is 0 Å². The molecule has 2 N–H and O–H groups in total. The number of hydrogen-bond acceptors (Lipinski definition) is 18. The average molecular weight is 957 g/mol. The Morgan fingerprint density at radius 3 is 1.65 bits per heavy atom. The molecule has 1 unspecified atom stereocenters. The molecule has 0 bridgehead atoms. The normalized spacial score (nSPS) is 14.7. The maximum Gasteiger partial charge on any atom is 0.268 e. The van der Waals surface area contributed by atoms with Crippen LogP contribution in [-0.2, 0) is 22.1 Å². The van der Waals surface area contributed by atoms with Crippen LogP contribution in [0.1, 0.15) is 68.2 Å². The summed E-state index contributed by atoms with van der Waals surface area (Å²) in [5.74, 6) is 2.84. The topological polar surface area (TPSA) is 245 Å². The third-order valence-electron chi connectivity index (χ3n) is 12.2. The first-order chi connectivity index (χ1) is 34.3. The minimum atomic E-state index is -0.715. The van der Waals surface area contributed by atoms with Crippen LogP contribution in [0.5, 0.6) is 5.75 Å². The number of ether oxygens (including phenoxy) is 2. The van der Waals surface area contributed by atoms with Gasteiger partial charge in [-0.05, 0) is 121 Å². The molecule has 18 nitrogen and oxygen atoms in total. The third-order valence-corrected chi connectivity index (χ3v) is 12.2. The van der Waals surface area contributed by atoms with Crippen LogP contribution in [0.25, 0.3) is 68.6 Å². The summed E-state index contributed by atoms with van der Waals surface area (Å²) in [4.78, 5) is 27.2.